The van der Waals surface area contributed by atoms with E-state index in [1.807, 2.05) is 27.2 Å². The number of aliphatic hydroxyl groups excluding tert-OH is 1. The first-order valence-electron chi connectivity index (χ1n) is 26.7. The molecule has 0 rings (SSSR count). The average molecular weight is 920 g/mol. The highest BCUT2D eigenvalue weighted by molar-refractivity contribution is 7.47. The fourth-order valence-electron chi connectivity index (χ4n) is 7.56. The largest absolute Gasteiger partial charge is 0.472 e. The number of rotatable bonds is 48. The highest BCUT2D eigenvalue weighted by Crippen LogP contribution is 2.43. The Balaban J connectivity index is 4.03. The molecule has 0 aliphatic rings. The number of phosphoric acid groups is 1. The molecular weight excluding hydrogens is 816 g/mol. The van der Waals surface area contributed by atoms with Crippen molar-refractivity contribution in [2.24, 2.45) is 0 Å². The Morgan fingerprint density at radius 1 is 0.547 bits per heavy atom. The summed E-state index contributed by atoms with van der Waals surface area (Å²) in [6.07, 6.45) is 61.8. The number of amides is 1. The molecule has 0 aromatic heterocycles. The SMILES string of the molecule is CC/C=C\C/C=C\C/C=C\C/C=C\CCCCCCCCCCCCCCCCCCCCC(=O)NC(COP(=O)(O)OCC[N+](C)(C)C)C(O)/C=C/CCCCCCCCCCC. The molecule has 0 aromatic carbocycles. The molecule has 3 N–H and O–H groups in total. The summed E-state index contributed by atoms with van der Waals surface area (Å²) in [5.74, 6) is -0.178. The second-order valence-corrected chi connectivity index (χ2v) is 20.7. The summed E-state index contributed by atoms with van der Waals surface area (Å²) < 4.78 is 23.6. The van der Waals surface area contributed by atoms with E-state index in [0.29, 0.717) is 17.4 Å². The normalized spacial score (nSPS) is 14.5. The van der Waals surface area contributed by atoms with Gasteiger partial charge in [0.25, 0.3) is 0 Å². The number of carbonyl (C=O) groups excluding carboxylic acids is 1. The summed E-state index contributed by atoms with van der Waals surface area (Å²) >= 11 is 0. The van der Waals surface area contributed by atoms with E-state index in [1.54, 1.807) is 6.08 Å². The summed E-state index contributed by atoms with van der Waals surface area (Å²) in [5, 5.41) is 13.8. The van der Waals surface area contributed by atoms with Crippen LogP contribution in [0.5, 0.6) is 0 Å². The summed E-state index contributed by atoms with van der Waals surface area (Å²) in [6, 6.07) is -0.845. The van der Waals surface area contributed by atoms with Crippen LogP contribution in [0, 0.1) is 0 Å². The number of unbranched alkanes of at least 4 members (excludes halogenated alkanes) is 27. The highest BCUT2D eigenvalue weighted by Gasteiger charge is 2.27. The van der Waals surface area contributed by atoms with Gasteiger partial charge in [-0.15, -0.1) is 0 Å². The summed E-state index contributed by atoms with van der Waals surface area (Å²) in [5.41, 5.74) is 0. The quantitative estimate of drug-likeness (QED) is 0.0243. The average Bonchev–Trinajstić information content (AvgIpc) is 3.25. The second-order valence-electron chi connectivity index (χ2n) is 19.2. The Hall–Kier alpha value is -1.80. The summed E-state index contributed by atoms with van der Waals surface area (Å²) in [6.45, 7) is 4.69. The number of quaternary nitrogens is 1. The van der Waals surface area contributed by atoms with Crippen LogP contribution in [0.3, 0.4) is 0 Å². The van der Waals surface area contributed by atoms with Gasteiger partial charge in [0.15, 0.2) is 0 Å². The van der Waals surface area contributed by atoms with Gasteiger partial charge in [0.05, 0.1) is 39.9 Å². The van der Waals surface area contributed by atoms with E-state index in [2.05, 4.69) is 67.8 Å². The van der Waals surface area contributed by atoms with Crippen LogP contribution in [0.15, 0.2) is 60.8 Å². The van der Waals surface area contributed by atoms with Gasteiger partial charge in [-0.05, 0) is 57.8 Å². The van der Waals surface area contributed by atoms with Crippen molar-refractivity contribution in [1.29, 1.82) is 0 Å². The topological polar surface area (TPSA) is 105 Å². The Kier molecular flexibility index (Phi) is 45.0. The van der Waals surface area contributed by atoms with Crippen molar-refractivity contribution in [2.45, 2.75) is 244 Å². The highest BCUT2D eigenvalue weighted by atomic mass is 31.2. The molecule has 0 aliphatic heterocycles. The molecule has 0 saturated carbocycles. The number of nitrogens with one attached hydrogen (secondary N) is 1. The van der Waals surface area contributed by atoms with Gasteiger partial charge in [0.1, 0.15) is 13.2 Å². The van der Waals surface area contributed by atoms with E-state index in [0.717, 1.165) is 64.2 Å². The molecule has 0 saturated heterocycles. The lowest BCUT2D eigenvalue weighted by Crippen LogP contribution is -2.45. The van der Waals surface area contributed by atoms with Gasteiger partial charge >= 0.3 is 7.82 Å². The molecule has 0 spiro atoms. The number of phosphoric ester groups is 1. The number of allylic oxidation sites excluding steroid dienone is 9. The first-order valence-corrected chi connectivity index (χ1v) is 28.2. The molecule has 374 valence electrons. The zero-order chi connectivity index (χ0) is 47.1. The van der Waals surface area contributed by atoms with Crippen molar-refractivity contribution < 1.29 is 32.9 Å². The smallest absolute Gasteiger partial charge is 0.387 e. The van der Waals surface area contributed by atoms with Crippen LogP contribution in [0.4, 0.5) is 0 Å². The van der Waals surface area contributed by atoms with Gasteiger partial charge in [-0.2, -0.15) is 0 Å². The Labute approximate surface area is 396 Å². The van der Waals surface area contributed by atoms with E-state index in [-0.39, 0.29) is 19.1 Å². The molecular formula is C55H104N2O6P+. The van der Waals surface area contributed by atoms with Gasteiger partial charge in [0.2, 0.25) is 5.91 Å². The van der Waals surface area contributed by atoms with Crippen molar-refractivity contribution >= 4 is 13.7 Å². The van der Waals surface area contributed by atoms with E-state index in [1.165, 1.54) is 148 Å². The number of hydrogen-bond acceptors (Lipinski definition) is 5. The minimum Gasteiger partial charge on any atom is -0.387 e. The maximum absolute atomic E-state index is 12.9. The van der Waals surface area contributed by atoms with Gasteiger partial charge in [-0.1, -0.05) is 229 Å². The summed E-state index contributed by atoms with van der Waals surface area (Å²) in [4.78, 5) is 23.2. The minimum absolute atomic E-state index is 0.0611. The fraction of sp³-hybridized carbons (Fsp3) is 0.800. The van der Waals surface area contributed by atoms with Crippen LogP contribution >= 0.6 is 7.82 Å². The lowest BCUT2D eigenvalue weighted by atomic mass is 10.0. The maximum Gasteiger partial charge on any atom is 0.472 e. The zero-order valence-electron chi connectivity index (χ0n) is 42.5. The van der Waals surface area contributed by atoms with Crippen molar-refractivity contribution in [1.82, 2.24) is 5.32 Å². The van der Waals surface area contributed by atoms with Gasteiger partial charge < -0.3 is 19.8 Å². The molecule has 9 heteroatoms. The van der Waals surface area contributed by atoms with Crippen molar-refractivity contribution in [3.8, 4) is 0 Å². The predicted octanol–water partition coefficient (Wildman–Crippen LogP) is 15.8. The molecule has 1 amide bonds. The third kappa shape index (κ3) is 48.1. The van der Waals surface area contributed by atoms with E-state index < -0.39 is 20.0 Å². The molecule has 0 heterocycles. The van der Waals surface area contributed by atoms with Gasteiger partial charge in [-0.25, -0.2) is 4.57 Å². The number of carbonyl (C=O) groups is 1. The predicted molar refractivity (Wildman–Crippen MR) is 277 cm³/mol. The Bertz CT molecular complexity index is 1230. The second kappa shape index (κ2) is 46.3. The zero-order valence-corrected chi connectivity index (χ0v) is 43.4. The first-order chi connectivity index (χ1) is 31.0. The molecule has 0 bridgehead atoms. The lowest BCUT2D eigenvalue weighted by molar-refractivity contribution is -0.870. The molecule has 64 heavy (non-hydrogen) atoms. The van der Waals surface area contributed by atoms with Crippen molar-refractivity contribution in [3.63, 3.8) is 0 Å². The van der Waals surface area contributed by atoms with Crippen LogP contribution in [-0.4, -0.2) is 73.4 Å². The molecule has 0 aliphatic carbocycles. The van der Waals surface area contributed by atoms with Crippen LogP contribution in [0.1, 0.15) is 232 Å². The lowest BCUT2D eigenvalue weighted by Gasteiger charge is -2.25. The van der Waals surface area contributed by atoms with Crippen LogP contribution < -0.4 is 5.32 Å². The molecule has 3 unspecified atom stereocenters. The Morgan fingerprint density at radius 3 is 1.38 bits per heavy atom. The van der Waals surface area contributed by atoms with Gasteiger partial charge in [-0.3, -0.25) is 13.8 Å². The minimum atomic E-state index is -4.34. The molecule has 0 radical (unpaired) electrons. The first kappa shape index (κ1) is 62.2. The Morgan fingerprint density at radius 2 is 0.938 bits per heavy atom. The molecule has 3 atom stereocenters. The number of likely N-dealkylation sites (N-methyl/N-ethyl adjacent to an activating group) is 1. The monoisotopic (exact) mass is 920 g/mol. The maximum atomic E-state index is 12.9. The van der Waals surface area contributed by atoms with E-state index >= 15 is 0 Å². The van der Waals surface area contributed by atoms with Gasteiger partial charge in [0, 0.05) is 6.42 Å². The summed E-state index contributed by atoms with van der Waals surface area (Å²) in [7, 11) is 1.57. The van der Waals surface area contributed by atoms with Crippen LogP contribution in [-0.2, 0) is 18.4 Å². The number of hydrogen-bond donors (Lipinski definition) is 3. The van der Waals surface area contributed by atoms with Crippen molar-refractivity contribution in [2.75, 3.05) is 40.9 Å². The number of aliphatic hydroxyl groups is 1. The van der Waals surface area contributed by atoms with Crippen LogP contribution in [0.25, 0.3) is 0 Å². The molecule has 0 aromatic rings. The standard InChI is InChI=1S/C55H103N2O6P/c1-6-8-10-12-14-16-18-19-20-21-22-23-24-25-26-27-28-29-30-31-32-33-34-35-36-37-39-41-43-45-47-49-55(59)56-53(52-63-64(60,61)62-51-50-57(3,4)5)54(58)48-46-44-42-40-38-17-15-13-11-9-7-2/h8,10,14,16,19-20,22-23,46,48,53-54,58H,6-7,9,11-13,15,17-18,21,24-45,47,49-52H2,1-5H3,(H-,56,59,60,61)/p+1/b10-8-,16-14-,20-19-,23-22-,48-46+. The van der Waals surface area contributed by atoms with E-state index in [9.17, 15) is 19.4 Å². The third-order valence-corrected chi connectivity index (χ3v) is 12.7. The van der Waals surface area contributed by atoms with Crippen molar-refractivity contribution in [3.05, 3.63) is 60.8 Å². The third-order valence-electron chi connectivity index (χ3n) is 11.7. The van der Waals surface area contributed by atoms with Crippen LogP contribution in [0.2, 0.25) is 0 Å². The molecule has 8 nitrogen and oxygen atoms in total. The fourth-order valence-corrected chi connectivity index (χ4v) is 8.30. The molecule has 0 fully saturated rings. The van der Waals surface area contributed by atoms with E-state index in [4.69, 9.17) is 9.05 Å². The number of nitrogens with zero attached hydrogens (tertiary/aromatic N) is 1.